The van der Waals surface area contributed by atoms with Crippen LogP contribution in [0.1, 0.15) is 65.2 Å². The fraction of sp³-hybridized carbons (Fsp3) is 0.938. The van der Waals surface area contributed by atoms with Gasteiger partial charge in [-0.05, 0) is 32.2 Å². The first-order chi connectivity index (χ1) is 9.67. The van der Waals surface area contributed by atoms with Crippen LogP contribution in [0.3, 0.4) is 0 Å². The molecule has 1 atom stereocenters. The van der Waals surface area contributed by atoms with Crippen molar-refractivity contribution in [3.8, 4) is 0 Å². The third-order valence-electron chi connectivity index (χ3n) is 3.69. The first-order valence-corrected chi connectivity index (χ1v) is 8.27. The molecule has 0 saturated heterocycles. The molecule has 0 heterocycles. The van der Waals surface area contributed by atoms with E-state index in [2.05, 4.69) is 6.92 Å². The van der Waals surface area contributed by atoms with Crippen LogP contribution in [0.5, 0.6) is 0 Å². The molecule has 4 nitrogen and oxygen atoms in total. The second-order valence-electron chi connectivity index (χ2n) is 5.65. The van der Waals surface area contributed by atoms with Crippen molar-refractivity contribution >= 4 is 5.91 Å². The van der Waals surface area contributed by atoms with Crippen molar-refractivity contribution in [2.75, 3.05) is 26.2 Å². The molecule has 0 aliphatic rings. The summed E-state index contributed by atoms with van der Waals surface area (Å²) in [5, 5.41) is 8.96. The number of unbranched alkanes of at least 4 members (excludes halogenated alkanes) is 4. The van der Waals surface area contributed by atoms with Crippen molar-refractivity contribution in [2.45, 2.75) is 65.2 Å². The van der Waals surface area contributed by atoms with Gasteiger partial charge in [0.15, 0.2) is 0 Å². The molecule has 0 aliphatic carbocycles. The maximum absolute atomic E-state index is 12.4. The summed E-state index contributed by atoms with van der Waals surface area (Å²) in [6, 6.07) is 0. The lowest BCUT2D eigenvalue weighted by Gasteiger charge is -2.25. The van der Waals surface area contributed by atoms with Gasteiger partial charge in [-0.2, -0.15) is 0 Å². The molecule has 0 aliphatic heterocycles. The Kier molecular flexibility index (Phi) is 13.0. The number of nitrogens with two attached hydrogens (primary N) is 1. The minimum absolute atomic E-state index is 0.0490. The highest BCUT2D eigenvalue weighted by Crippen LogP contribution is 2.12. The standard InChI is InChI=1S/C16H34N2O2/c1-3-4-5-6-7-12-18(13-9-14-19)16(20)15(2)10-8-11-17/h15,19H,3-14,17H2,1-2H3. The second-order valence-corrected chi connectivity index (χ2v) is 5.65. The summed E-state index contributed by atoms with van der Waals surface area (Å²) in [5.74, 6) is 0.273. The fourth-order valence-corrected chi connectivity index (χ4v) is 2.36. The number of rotatable bonds is 13. The van der Waals surface area contributed by atoms with E-state index in [9.17, 15) is 4.79 Å². The predicted molar refractivity (Wildman–Crippen MR) is 84.5 cm³/mol. The molecule has 0 aromatic heterocycles. The maximum Gasteiger partial charge on any atom is 0.225 e. The van der Waals surface area contributed by atoms with Crippen LogP contribution in [0.2, 0.25) is 0 Å². The number of aliphatic hydroxyl groups is 1. The van der Waals surface area contributed by atoms with E-state index in [4.69, 9.17) is 10.8 Å². The Bertz CT molecular complexity index is 235. The van der Waals surface area contributed by atoms with Gasteiger partial charge in [-0.1, -0.05) is 39.5 Å². The molecule has 4 heteroatoms. The third-order valence-corrected chi connectivity index (χ3v) is 3.69. The zero-order valence-corrected chi connectivity index (χ0v) is 13.4. The highest BCUT2D eigenvalue weighted by molar-refractivity contribution is 5.78. The summed E-state index contributed by atoms with van der Waals surface area (Å²) in [6.45, 7) is 6.49. The quantitative estimate of drug-likeness (QED) is 0.511. The number of nitrogens with zero attached hydrogens (tertiary/aromatic N) is 1. The fourth-order valence-electron chi connectivity index (χ4n) is 2.36. The summed E-state index contributed by atoms with van der Waals surface area (Å²) >= 11 is 0. The third kappa shape index (κ3) is 9.32. The van der Waals surface area contributed by atoms with Gasteiger partial charge in [0.25, 0.3) is 0 Å². The van der Waals surface area contributed by atoms with Crippen LogP contribution in [-0.4, -0.2) is 42.2 Å². The summed E-state index contributed by atoms with van der Waals surface area (Å²) in [5.41, 5.74) is 5.50. The largest absolute Gasteiger partial charge is 0.396 e. The van der Waals surface area contributed by atoms with Gasteiger partial charge in [0.05, 0.1) is 0 Å². The molecule has 1 unspecified atom stereocenters. The van der Waals surface area contributed by atoms with E-state index in [1.165, 1.54) is 25.7 Å². The van der Waals surface area contributed by atoms with Crippen LogP contribution < -0.4 is 5.73 Å². The number of carbonyl (C=O) groups is 1. The molecule has 0 aromatic carbocycles. The lowest BCUT2D eigenvalue weighted by atomic mass is 10.0. The van der Waals surface area contributed by atoms with Gasteiger partial charge in [-0.15, -0.1) is 0 Å². The van der Waals surface area contributed by atoms with Crippen molar-refractivity contribution in [1.82, 2.24) is 4.90 Å². The second kappa shape index (κ2) is 13.4. The highest BCUT2D eigenvalue weighted by Gasteiger charge is 2.19. The summed E-state index contributed by atoms with van der Waals surface area (Å²) < 4.78 is 0. The van der Waals surface area contributed by atoms with Crippen LogP contribution in [-0.2, 0) is 4.79 Å². The SMILES string of the molecule is CCCCCCCN(CCCO)C(=O)C(C)CCCN. The minimum atomic E-state index is 0.0490. The Morgan fingerprint density at radius 2 is 1.75 bits per heavy atom. The summed E-state index contributed by atoms with van der Waals surface area (Å²) in [7, 11) is 0. The summed E-state index contributed by atoms with van der Waals surface area (Å²) in [4.78, 5) is 14.3. The van der Waals surface area contributed by atoms with Gasteiger partial charge in [0, 0.05) is 25.6 Å². The monoisotopic (exact) mass is 286 g/mol. The first-order valence-electron chi connectivity index (χ1n) is 8.27. The van der Waals surface area contributed by atoms with E-state index in [0.717, 1.165) is 25.8 Å². The van der Waals surface area contributed by atoms with E-state index >= 15 is 0 Å². The topological polar surface area (TPSA) is 66.6 Å². The zero-order valence-electron chi connectivity index (χ0n) is 13.4. The number of carbonyl (C=O) groups excluding carboxylic acids is 1. The smallest absolute Gasteiger partial charge is 0.225 e. The lowest BCUT2D eigenvalue weighted by molar-refractivity contribution is -0.135. The predicted octanol–water partition coefficient (Wildman–Crippen LogP) is 2.54. The molecule has 0 rings (SSSR count). The normalized spacial score (nSPS) is 12.4. The number of hydrogen-bond donors (Lipinski definition) is 2. The number of hydrogen-bond acceptors (Lipinski definition) is 3. The van der Waals surface area contributed by atoms with E-state index in [0.29, 0.717) is 19.5 Å². The summed E-state index contributed by atoms with van der Waals surface area (Å²) in [6.07, 6.45) is 8.46. The van der Waals surface area contributed by atoms with Crippen molar-refractivity contribution in [3.63, 3.8) is 0 Å². The molecular formula is C16H34N2O2. The van der Waals surface area contributed by atoms with Gasteiger partial charge in [0.2, 0.25) is 5.91 Å². The van der Waals surface area contributed by atoms with Crippen LogP contribution >= 0.6 is 0 Å². The molecule has 0 radical (unpaired) electrons. The van der Waals surface area contributed by atoms with E-state index < -0.39 is 0 Å². The lowest BCUT2D eigenvalue weighted by Crippen LogP contribution is -2.37. The van der Waals surface area contributed by atoms with Crippen LogP contribution in [0, 0.1) is 5.92 Å². The Morgan fingerprint density at radius 1 is 1.10 bits per heavy atom. The molecule has 0 spiro atoms. The van der Waals surface area contributed by atoms with Crippen molar-refractivity contribution in [2.24, 2.45) is 11.7 Å². The van der Waals surface area contributed by atoms with E-state index in [1.807, 2.05) is 11.8 Å². The number of amides is 1. The molecule has 0 saturated carbocycles. The van der Waals surface area contributed by atoms with Crippen molar-refractivity contribution < 1.29 is 9.90 Å². The van der Waals surface area contributed by atoms with Crippen molar-refractivity contribution in [1.29, 1.82) is 0 Å². The van der Waals surface area contributed by atoms with E-state index in [1.54, 1.807) is 0 Å². The van der Waals surface area contributed by atoms with Gasteiger partial charge < -0.3 is 15.7 Å². The molecule has 20 heavy (non-hydrogen) atoms. The zero-order chi connectivity index (χ0) is 15.2. The maximum atomic E-state index is 12.4. The van der Waals surface area contributed by atoms with Crippen LogP contribution in [0.4, 0.5) is 0 Å². The molecular weight excluding hydrogens is 252 g/mol. The Labute approximate surface area is 124 Å². The van der Waals surface area contributed by atoms with Crippen LogP contribution in [0.15, 0.2) is 0 Å². The first kappa shape index (κ1) is 19.4. The van der Waals surface area contributed by atoms with Gasteiger partial charge >= 0.3 is 0 Å². The van der Waals surface area contributed by atoms with Crippen molar-refractivity contribution in [3.05, 3.63) is 0 Å². The average molecular weight is 286 g/mol. The minimum Gasteiger partial charge on any atom is -0.396 e. The average Bonchev–Trinajstić information content (AvgIpc) is 2.46. The van der Waals surface area contributed by atoms with Crippen LogP contribution in [0.25, 0.3) is 0 Å². The molecule has 0 aromatic rings. The highest BCUT2D eigenvalue weighted by atomic mass is 16.3. The molecule has 0 fully saturated rings. The molecule has 0 bridgehead atoms. The Hall–Kier alpha value is -0.610. The van der Waals surface area contributed by atoms with E-state index in [-0.39, 0.29) is 18.4 Å². The Balaban J connectivity index is 4.13. The van der Waals surface area contributed by atoms with Gasteiger partial charge in [-0.3, -0.25) is 4.79 Å². The molecule has 120 valence electrons. The van der Waals surface area contributed by atoms with Gasteiger partial charge in [-0.25, -0.2) is 0 Å². The molecule has 1 amide bonds. The number of aliphatic hydroxyl groups excluding tert-OH is 1. The Morgan fingerprint density at radius 3 is 2.35 bits per heavy atom. The molecule has 3 N–H and O–H groups in total. The van der Waals surface area contributed by atoms with Gasteiger partial charge in [0.1, 0.15) is 0 Å².